The summed E-state index contributed by atoms with van der Waals surface area (Å²) in [6, 6.07) is 21.1. The molecule has 0 unspecified atom stereocenters. The van der Waals surface area contributed by atoms with E-state index < -0.39 is 47.0 Å². The minimum Gasteiger partial charge on any atom is -0.307 e. The Labute approximate surface area is 313 Å². The third kappa shape index (κ3) is 6.29. The first-order valence-corrected chi connectivity index (χ1v) is 16.8. The van der Waals surface area contributed by atoms with Gasteiger partial charge in [0.05, 0.1) is 67.3 Å². The van der Waals surface area contributed by atoms with E-state index >= 15 is 0 Å². The Kier molecular flexibility index (Phi) is 8.25. The fourth-order valence-electron chi connectivity index (χ4n) is 7.37. The smallest absolute Gasteiger partial charge is 0.307 e. The average molecular weight is 796 g/mol. The summed E-state index contributed by atoms with van der Waals surface area (Å²) >= 11 is 0. The molecule has 0 spiro atoms. The van der Waals surface area contributed by atoms with Crippen LogP contribution in [0.3, 0.4) is 0 Å². The lowest BCUT2D eigenvalue weighted by Gasteiger charge is -2.21. The minimum atomic E-state index is -4.93. The molecule has 6 aromatic carbocycles. The molecule has 57 heavy (non-hydrogen) atoms. The summed E-state index contributed by atoms with van der Waals surface area (Å²) in [5.74, 6) is 0. The number of hydrogen-bond acceptors (Lipinski definition) is 1. The summed E-state index contributed by atoms with van der Waals surface area (Å²) in [5.41, 5.74) is -4.79. The van der Waals surface area contributed by atoms with Crippen molar-refractivity contribution in [1.82, 2.24) is 9.13 Å². The number of nitrogens with zero attached hydrogens (tertiary/aromatic N) is 3. The summed E-state index contributed by atoms with van der Waals surface area (Å²) < 4.78 is 173. The first-order valence-electron chi connectivity index (χ1n) is 16.8. The topological polar surface area (TPSA) is 33.6 Å². The number of aryl methyl sites for hydroxylation is 1. The maximum Gasteiger partial charge on any atom is 0.416 e. The first kappa shape index (κ1) is 37.5. The first-order chi connectivity index (χ1) is 26.6. The van der Waals surface area contributed by atoms with Crippen molar-refractivity contribution in [2.24, 2.45) is 0 Å². The maximum absolute atomic E-state index is 14.3. The van der Waals surface area contributed by atoms with E-state index in [0.717, 1.165) is 81.9 Å². The van der Waals surface area contributed by atoms with Gasteiger partial charge >= 0.3 is 24.7 Å². The van der Waals surface area contributed by atoms with E-state index in [9.17, 15) is 57.9 Å². The van der Waals surface area contributed by atoms with Gasteiger partial charge in [-0.15, -0.1) is 0 Å². The fraction of sp³-hybridized carbons (Fsp3) is 0.119. The van der Waals surface area contributed by atoms with Gasteiger partial charge in [0.2, 0.25) is 0 Å². The maximum atomic E-state index is 14.3. The zero-order valence-corrected chi connectivity index (χ0v) is 28.8. The average Bonchev–Trinajstić information content (AvgIpc) is 3.64. The summed E-state index contributed by atoms with van der Waals surface area (Å²) in [5, 5.41) is 9.95. The Morgan fingerprint density at radius 2 is 0.789 bits per heavy atom. The Hall–Kier alpha value is -6.43. The number of rotatable bonds is 3. The molecule has 0 aliphatic heterocycles. The molecule has 2 aromatic heterocycles. The lowest BCUT2D eigenvalue weighted by Crippen LogP contribution is -2.09. The molecule has 15 heteroatoms. The predicted molar refractivity (Wildman–Crippen MR) is 190 cm³/mol. The van der Waals surface area contributed by atoms with Crippen molar-refractivity contribution in [2.75, 3.05) is 0 Å². The van der Waals surface area contributed by atoms with Gasteiger partial charge in [0.25, 0.3) is 0 Å². The van der Waals surface area contributed by atoms with E-state index in [1.807, 2.05) is 6.07 Å². The Bertz CT molecular complexity index is 2840. The summed E-state index contributed by atoms with van der Waals surface area (Å²) in [4.78, 5) is 0. The van der Waals surface area contributed by atoms with Crippen LogP contribution in [0.25, 0.3) is 66.1 Å². The van der Waals surface area contributed by atoms with Gasteiger partial charge in [0.1, 0.15) is 0 Å². The molecule has 0 saturated heterocycles. The van der Waals surface area contributed by atoms with Crippen molar-refractivity contribution in [3.63, 3.8) is 0 Å². The van der Waals surface area contributed by atoms with Gasteiger partial charge in [-0.05, 0) is 96.4 Å². The molecule has 0 saturated carbocycles. The molecule has 0 aliphatic rings. The molecule has 2 heterocycles. The van der Waals surface area contributed by atoms with Crippen LogP contribution in [0.1, 0.15) is 33.4 Å². The molecule has 0 radical (unpaired) electrons. The highest BCUT2D eigenvalue weighted by molar-refractivity contribution is 6.12. The SMILES string of the molecule is Cc1cc(-n2c3cc(C(F)(F)F)ccc3c3ccc(C(F)(F)F)cc32)c(-n2c3cc(C(F)(F)F)ccc3c3ccc(C(F)(F)F)cc32)cc1-c1cccc(C#N)c1. The zero-order chi connectivity index (χ0) is 41.0. The van der Waals surface area contributed by atoms with Gasteiger partial charge in [-0.1, -0.05) is 36.4 Å². The minimum absolute atomic E-state index is 0.0761. The van der Waals surface area contributed by atoms with Crippen molar-refractivity contribution >= 4 is 43.6 Å². The van der Waals surface area contributed by atoms with Crippen LogP contribution in [0.4, 0.5) is 52.7 Å². The number of hydrogen-bond donors (Lipinski definition) is 0. The molecule has 0 N–H and O–H groups in total. The van der Waals surface area contributed by atoms with Gasteiger partial charge in [-0.3, -0.25) is 0 Å². The molecule has 0 fully saturated rings. The van der Waals surface area contributed by atoms with Crippen molar-refractivity contribution in [1.29, 1.82) is 5.26 Å². The van der Waals surface area contributed by atoms with Gasteiger partial charge in [0.15, 0.2) is 0 Å². The van der Waals surface area contributed by atoms with Crippen LogP contribution in [0.2, 0.25) is 0 Å². The molecule has 3 nitrogen and oxygen atoms in total. The second kappa shape index (κ2) is 12.5. The third-order valence-corrected chi connectivity index (χ3v) is 9.95. The molecular weight excluding hydrogens is 774 g/mol. The lowest BCUT2D eigenvalue weighted by atomic mass is 9.97. The van der Waals surface area contributed by atoms with E-state index in [1.54, 1.807) is 13.0 Å². The number of alkyl halides is 12. The molecule has 8 rings (SSSR count). The van der Waals surface area contributed by atoms with Gasteiger partial charge < -0.3 is 9.13 Å². The predicted octanol–water partition coefficient (Wildman–Crippen LogP) is 13.8. The van der Waals surface area contributed by atoms with Gasteiger partial charge in [-0.2, -0.15) is 57.9 Å². The molecule has 288 valence electrons. The summed E-state index contributed by atoms with van der Waals surface area (Å²) in [6.07, 6.45) is -19.7. The highest BCUT2D eigenvalue weighted by Gasteiger charge is 2.36. The Morgan fingerprint density at radius 1 is 0.439 bits per heavy atom. The number of benzene rings is 6. The van der Waals surface area contributed by atoms with Gasteiger partial charge in [-0.25, -0.2) is 0 Å². The second-order valence-electron chi connectivity index (χ2n) is 13.4. The highest BCUT2D eigenvalue weighted by Crippen LogP contribution is 2.45. The fourth-order valence-corrected chi connectivity index (χ4v) is 7.37. The number of aromatic nitrogens is 2. The Balaban J connectivity index is 1.62. The van der Waals surface area contributed by atoms with Crippen LogP contribution in [0.5, 0.6) is 0 Å². The summed E-state index contributed by atoms with van der Waals surface area (Å²) in [6.45, 7) is 1.56. The normalized spacial score (nSPS) is 13.0. The zero-order valence-electron chi connectivity index (χ0n) is 28.8. The van der Waals surface area contributed by atoms with E-state index in [1.165, 1.54) is 30.3 Å². The van der Waals surface area contributed by atoms with Gasteiger partial charge in [0, 0.05) is 21.5 Å². The third-order valence-electron chi connectivity index (χ3n) is 9.95. The highest BCUT2D eigenvalue weighted by atomic mass is 19.4. The number of nitriles is 1. The molecule has 0 atom stereocenters. The number of halogens is 12. The molecule has 0 amide bonds. The van der Waals surface area contributed by atoms with E-state index in [2.05, 4.69) is 0 Å². The molecular formula is C42H21F12N3. The van der Waals surface area contributed by atoms with Crippen LogP contribution in [0.15, 0.2) is 109 Å². The largest absolute Gasteiger partial charge is 0.416 e. The standard InChI is InChI=1S/C42H21F12N3/c1-21-13-37(56-33-15-24(39(43,44)45)5-9-28(33)29-10-6-25(16-34(29)56)40(46,47)48)38(19-32(21)23-4-2-3-22(14-23)20-55)57-35-17-26(41(49,50)51)7-11-30(35)31-12-8-27(18-36(31)57)42(52,53)54/h2-19H,1H3. The van der Waals surface area contributed by atoms with Crippen molar-refractivity contribution in [2.45, 2.75) is 31.6 Å². The monoisotopic (exact) mass is 795 g/mol. The Morgan fingerprint density at radius 3 is 1.12 bits per heavy atom. The molecule has 0 aliphatic carbocycles. The van der Waals surface area contributed by atoms with E-state index in [0.29, 0.717) is 16.7 Å². The van der Waals surface area contributed by atoms with Crippen molar-refractivity contribution in [3.05, 3.63) is 143 Å². The van der Waals surface area contributed by atoms with Crippen LogP contribution in [-0.4, -0.2) is 9.13 Å². The molecule has 0 bridgehead atoms. The van der Waals surface area contributed by atoms with E-state index in [-0.39, 0.29) is 60.5 Å². The summed E-state index contributed by atoms with van der Waals surface area (Å²) in [7, 11) is 0. The van der Waals surface area contributed by atoms with Crippen molar-refractivity contribution in [3.8, 4) is 28.6 Å². The second-order valence-corrected chi connectivity index (χ2v) is 13.4. The van der Waals surface area contributed by atoms with Crippen LogP contribution in [-0.2, 0) is 24.7 Å². The number of fused-ring (bicyclic) bond motifs is 6. The van der Waals surface area contributed by atoms with E-state index in [4.69, 9.17) is 0 Å². The quantitative estimate of drug-likeness (QED) is 0.164. The van der Waals surface area contributed by atoms with Crippen molar-refractivity contribution < 1.29 is 52.7 Å². The van der Waals surface area contributed by atoms with Crippen LogP contribution >= 0.6 is 0 Å². The van der Waals surface area contributed by atoms with Crippen LogP contribution < -0.4 is 0 Å². The van der Waals surface area contributed by atoms with Crippen LogP contribution in [0, 0.1) is 18.3 Å². The lowest BCUT2D eigenvalue weighted by molar-refractivity contribution is -0.138. The molecule has 8 aromatic rings.